The minimum atomic E-state index is -0.283. The number of aliphatic hydroxyl groups excluding tert-OH is 1. The number of ether oxygens (including phenoxy) is 1. The van der Waals surface area contributed by atoms with Crippen molar-refractivity contribution in [2.24, 2.45) is 0 Å². The van der Waals surface area contributed by atoms with Crippen LogP contribution in [0.15, 0.2) is 6.07 Å². The van der Waals surface area contributed by atoms with Crippen LogP contribution < -0.4 is 15.4 Å². The predicted octanol–water partition coefficient (Wildman–Crippen LogP) is 1.52. The van der Waals surface area contributed by atoms with Gasteiger partial charge in [-0.1, -0.05) is 12.8 Å². The largest absolute Gasteiger partial charge is 0.479 e. The Labute approximate surface area is 127 Å². The standard InChI is InChI=1S/C14H19N5O3/c1-22-13-12-9(18-19-13)6-11(16-10(12)7-20)17-14(21)15-8-4-2-3-5-8/h6,8,20H,2-5,7H2,1H3,(H,18,19)(H2,15,16,17,21). The van der Waals surface area contributed by atoms with E-state index < -0.39 is 0 Å². The van der Waals surface area contributed by atoms with Crippen LogP contribution in [0.2, 0.25) is 0 Å². The van der Waals surface area contributed by atoms with Gasteiger partial charge in [-0.05, 0) is 12.8 Å². The van der Waals surface area contributed by atoms with Crippen LogP contribution in [0.5, 0.6) is 5.88 Å². The zero-order valence-electron chi connectivity index (χ0n) is 12.3. The lowest BCUT2D eigenvalue weighted by Gasteiger charge is -2.13. The number of H-pyrrole nitrogens is 1. The Morgan fingerprint density at radius 3 is 2.95 bits per heavy atom. The van der Waals surface area contributed by atoms with Crippen LogP contribution >= 0.6 is 0 Å². The Morgan fingerprint density at radius 2 is 2.27 bits per heavy atom. The van der Waals surface area contributed by atoms with Crippen molar-refractivity contribution in [2.75, 3.05) is 12.4 Å². The summed E-state index contributed by atoms with van der Waals surface area (Å²) in [4.78, 5) is 16.2. The molecule has 22 heavy (non-hydrogen) atoms. The zero-order chi connectivity index (χ0) is 15.5. The number of amides is 2. The number of urea groups is 1. The Bertz CT molecular complexity index is 678. The summed E-state index contributed by atoms with van der Waals surface area (Å²) in [5, 5.41) is 22.5. The molecule has 0 unspecified atom stereocenters. The molecule has 2 amide bonds. The summed E-state index contributed by atoms with van der Waals surface area (Å²) in [6.07, 6.45) is 4.33. The summed E-state index contributed by atoms with van der Waals surface area (Å²) in [5.74, 6) is 0.729. The molecule has 0 bridgehead atoms. The lowest BCUT2D eigenvalue weighted by atomic mass is 10.2. The van der Waals surface area contributed by atoms with Crippen molar-refractivity contribution in [1.29, 1.82) is 0 Å². The normalized spacial score (nSPS) is 15.2. The van der Waals surface area contributed by atoms with E-state index in [9.17, 15) is 9.90 Å². The number of aromatic nitrogens is 3. The molecule has 4 N–H and O–H groups in total. The molecule has 1 fully saturated rings. The van der Waals surface area contributed by atoms with Crippen molar-refractivity contribution in [3.63, 3.8) is 0 Å². The van der Waals surface area contributed by atoms with Crippen molar-refractivity contribution < 1.29 is 14.6 Å². The zero-order valence-corrected chi connectivity index (χ0v) is 12.3. The first kappa shape index (κ1) is 14.6. The van der Waals surface area contributed by atoms with Crippen LogP contribution in [0, 0.1) is 0 Å². The maximum Gasteiger partial charge on any atom is 0.320 e. The number of carbonyl (C=O) groups is 1. The second kappa shape index (κ2) is 6.18. The number of fused-ring (bicyclic) bond motifs is 1. The van der Waals surface area contributed by atoms with E-state index in [0.717, 1.165) is 25.7 Å². The molecule has 2 aromatic rings. The van der Waals surface area contributed by atoms with Crippen LogP contribution in [-0.4, -0.2) is 39.5 Å². The fraction of sp³-hybridized carbons (Fsp3) is 0.500. The van der Waals surface area contributed by atoms with E-state index in [0.29, 0.717) is 28.3 Å². The van der Waals surface area contributed by atoms with E-state index in [4.69, 9.17) is 4.74 Å². The summed E-state index contributed by atoms with van der Waals surface area (Å²) >= 11 is 0. The van der Waals surface area contributed by atoms with E-state index in [1.165, 1.54) is 7.11 Å². The summed E-state index contributed by atoms with van der Waals surface area (Å²) < 4.78 is 5.13. The van der Waals surface area contributed by atoms with Gasteiger partial charge in [0.15, 0.2) is 0 Å². The van der Waals surface area contributed by atoms with Crippen LogP contribution in [0.4, 0.5) is 10.6 Å². The van der Waals surface area contributed by atoms with E-state index in [1.807, 2.05) is 0 Å². The molecule has 1 aliphatic carbocycles. The highest BCUT2D eigenvalue weighted by atomic mass is 16.5. The minimum Gasteiger partial charge on any atom is -0.479 e. The third kappa shape index (κ3) is 2.82. The number of aliphatic hydroxyl groups is 1. The van der Waals surface area contributed by atoms with E-state index in [2.05, 4.69) is 25.8 Å². The second-order valence-corrected chi connectivity index (χ2v) is 5.35. The Balaban J connectivity index is 1.80. The third-order valence-electron chi connectivity index (χ3n) is 3.86. The molecule has 118 valence electrons. The summed E-state index contributed by atoms with van der Waals surface area (Å²) in [5.41, 5.74) is 1.05. The van der Waals surface area contributed by atoms with Crippen LogP contribution in [0.1, 0.15) is 31.4 Å². The topological polar surface area (TPSA) is 112 Å². The molecule has 2 aromatic heterocycles. The van der Waals surface area contributed by atoms with Gasteiger partial charge in [0.05, 0.1) is 30.3 Å². The smallest absolute Gasteiger partial charge is 0.320 e. The van der Waals surface area contributed by atoms with Crippen LogP contribution in [0.25, 0.3) is 10.9 Å². The quantitative estimate of drug-likeness (QED) is 0.684. The molecule has 1 saturated carbocycles. The van der Waals surface area contributed by atoms with Gasteiger partial charge in [0.1, 0.15) is 5.82 Å². The predicted molar refractivity (Wildman–Crippen MR) is 80.8 cm³/mol. The number of anilines is 1. The molecule has 0 spiro atoms. The highest BCUT2D eigenvalue weighted by Crippen LogP contribution is 2.27. The van der Waals surface area contributed by atoms with Gasteiger partial charge in [-0.25, -0.2) is 9.78 Å². The lowest BCUT2D eigenvalue weighted by Crippen LogP contribution is -2.36. The fourth-order valence-electron chi connectivity index (χ4n) is 2.83. The molecule has 0 aromatic carbocycles. The third-order valence-corrected chi connectivity index (χ3v) is 3.86. The summed E-state index contributed by atoms with van der Waals surface area (Å²) in [6.45, 7) is -0.272. The van der Waals surface area contributed by atoms with E-state index in [1.54, 1.807) is 6.07 Å². The first-order chi connectivity index (χ1) is 10.7. The molecular weight excluding hydrogens is 286 g/mol. The number of hydrogen-bond acceptors (Lipinski definition) is 5. The molecule has 0 aliphatic heterocycles. The average molecular weight is 305 g/mol. The van der Waals surface area contributed by atoms with Crippen LogP contribution in [-0.2, 0) is 6.61 Å². The molecule has 8 nitrogen and oxygen atoms in total. The monoisotopic (exact) mass is 305 g/mol. The van der Waals surface area contributed by atoms with Gasteiger partial charge < -0.3 is 15.2 Å². The molecule has 8 heteroatoms. The maximum absolute atomic E-state index is 12.0. The van der Waals surface area contributed by atoms with Crippen molar-refractivity contribution in [3.8, 4) is 5.88 Å². The fourth-order valence-corrected chi connectivity index (χ4v) is 2.83. The number of carbonyl (C=O) groups excluding carboxylic acids is 1. The SMILES string of the molecule is COc1n[nH]c2cc(NC(=O)NC3CCCC3)nc(CO)c12. The van der Waals surface area contributed by atoms with E-state index in [-0.39, 0.29) is 18.7 Å². The number of hydrogen-bond donors (Lipinski definition) is 4. The van der Waals surface area contributed by atoms with Crippen molar-refractivity contribution >= 4 is 22.8 Å². The molecule has 3 rings (SSSR count). The Hall–Kier alpha value is -2.35. The number of nitrogens with zero attached hydrogens (tertiary/aromatic N) is 2. The number of nitrogens with one attached hydrogen (secondary N) is 3. The van der Waals surface area contributed by atoms with E-state index >= 15 is 0 Å². The minimum absolute atomic E-state index is 0.230. The van der Waals surface area contributed by atoms with Gasteiger partial charge in [-0.3, -0.25) is 10.4 Å². The van der Waals surface area contributed by atoms with Gasteiger partial charge in [0.2, 0.25) is 5.88 Å². The van der Waals surface area contributed by atoms with Crippen molar-refractivity contribution in [3.05, 3.63) is 11.8 Å². The average Bonchev–Trinajstić information content (AvgIpc) is 3.15. The maximum atomic E-state index is 12.0. The van der Waals surface area contributed by atoms with Gasteiger partial charge in [-0.15, -0.1) is 5.10 Å². The lowest BCUT2D eigenvalue weighted by molar-refractivity contribution is 0.248. The van der Waals surface area contributed by atoms with Gasteiger partial charge in [0, 0.05) is 12.1 Å². The molecule has 0 atom stereocenters. The summed E-state index contributed by atoms with van der Waals surface area (Å²) in [7, 11) is 1.50. The highest BCUT2D eigenvalue weighted by molar-refractivity contribution is 5.93. The summed E-state index contributed by atoms with van der Waals surface area (Å²) in [6, 6.07) is 1.61. The molecule has 0 radical (unpaired) electrons. The van der Waals surface area contributed by atoms with Crippen molar-refractivity contribution in [1.82, 2.24) is 20.5 Å². The number of pyridine rings is 1. The second-order valence-electron chi connectivity index (χ2n) is 5.35. The van der Waals surface area contributed by atoms with Gasteiger partial charge in [-0.2, -0.15) is 0 Å². The Morgan fingerprint density at radius 1 is 1.50 bits per heavy atom. The van der Waals surface area contributed by atoms with Crippen molar-refractivity contribution in [2.45, 2.75) is 38.3 Å². The highest BCUT2D eigenvalue weighted by Gasteiger charge is 2.18. The number of rotatable bonds is 4. The Kier molecular flexibility index (Phi) is 4.10. The number of aromatic amines is 1. The molecule has 1 aliphatic rings. The number of methoxy groups -OCH3 is 1. The first-order valence-corrected chi connectivity index (χ1v) is 7.31. The van der Waals surface area contributed by atoms with Gasteiger partial charge in [0.25, 0.3) is 0 Å². The van der Waals surface area contributed by atoms with Crippen LogP contribution in [0.3, 0.4) is 0 Å². The molecule has 0 saturated heterocycles. The van der Waals surface area contributed by atoms with Gasteiger partial charge >= 0.3 is 6.03 Å². The first-order valence-electron chi connectivity index (χ1n) is 7.31. The molecular formula is C14H19N5O3. The molecule has 2 heterocycles.